The van der Waals surface area contributed by atoms with Gasteiger partial charge in [0.15, 0.2) is 6.61 Å². The van der Waals surface area contributed by atoms with Crippen LogP contribution < -0.4 is 10.1 Å². The molecule has 0 fully saturated rings. The van der Waals surface area contributed by atoms with Gasteiger partial charge in [-0.25, -0.2) is 9.78 Å². The van der Waals surface area contributed by atoms with Gasteiger partial charge in [0.1, 0.15) is 5.56 Å². The predicted molar refractivity (Wildman–Crippen MR) is 86.3 cm³/mol. The molecule has 0 atom stereocenters. The van der Waals surface area contributed by atoms with E-state index in [0.717, 1.165) is 0 Å². The van der Waals surface area contributed by atoms with Crippen LogP contribution in [0.4, 0.5) is 18.9 Å². The zero-order chi connectivity index (χ0) is 19.3. The Morgan fingerprint density at radius 3 is 2.50 bits per heavy atom. The molecular formula is C17H15F3N2O4. The summed E-state index contributed by atoms with van der Waals surface area (Å²) in [5.41, 5.74) is 0.850. The number of carbonyl (C=O) groups excluding carboxylic acids is 2. The summed E-state index contributed by atoms with van der Waals surface area (Å²) in [4.78, 5) is 27.8. The van der Waals surface area contributed by atoms with Crippen molar-refractivity contribution < 1.29 is 32.2 Å². The van der Waals surface area contributed by atoms with Crippen LogP contribution in [0.25, 0.3) is 0 Å². The molecule has 138 valence electrons. The lowest BCUT2D eigenvalue weighted by atomic mass is 10.1. The average Bonchev–Trinajstić information content (AvgIpc) is 2.60. The van der Waals surface area contributed by atoms with Gasteiger partial charge in [0.25, 0.3) is 5.91 Å². The molecule has 2 aromatic rings. The number of hydrogen-bond donors (Lipinski definition) is 1. The van der Waals surface area contributed by atoms with Gasteiger partial charge in [-0.15, -0.1) is 0 Å². The number of amides is 1. The SMILES string of the molecule is COC(=O)c1cccc(NC(=O)c2cccnc2OCC(F)(F)F)c1C. The summed E-state index contributed by atoms with van der Waals surface area (Å²) in [5, 5.41) is 2.54. The van der Waals surface area contributed by atoms with Crippen LogP contribution >= 0.6 is 0 Å². The van der Waals surface area contributed by atoms with Gasteiger partial charge in [0.2, 0.25) is 5.88 Å². The number of rotatable bonds is 5. The Kier molecular flexibility index (Phi) is 5.81. The fourth-order valence-corrected chi connectivity index (χ4v) is 2.12. The maximum Gasteiger partial charge on any atom is 0.422 e. The van der Waals surface area contributed by atoms with Crippen molar-refractivity contribution in [3.63, 3.8) is 0 Å². The molecule has 0 spiro atoms. The van der Waals surface area contributed by atoms with Crippen molar-refractivity contribution >= 4 is 17.6 Å². The van der Waals surface area contributed by atoms with Gasteiger partial charge in [-0.2, -0.15) is 13.2 Å². The molecule has 1 amide bonds. The summed E-state index contributed by atoms with van der Waals surface area (Å²) in [6.45, 7) is 0.0350. The summed E-state index contributed by atoms with van der Waals surface area (Å²) < 4.78 is 46.2. The molecule has 26 heavy (non-hydrogen) atoms. The highest BCUT2D eigenvalue weighted by atomic mass is 19.4. The van der Waals surface area contributed by atoms with Crippen LogP contribution in [-0.2, 0) is 4.74 Å². The number of carbonyl (C=O) groups is 2. The maximum absolute atomic E-state index is 12.4. The van der Waals surface area contributed by atoms with Crippen molar-refractivity contribution in [1.29, 1.82) is 0 Å². The molecule has 0 aliphatic carbocycles. The van der Waals surface area contributed by atoms with Gasteiger partial charge in [-0.05, 0) is 36.8 Å². The van der Waals surface area contributed by atoms with Crippen molar-refractivity contribution in [1.82, 2.24) is 4.98 Å². The third kappa shape index (κ3) is 4.71. The van der Waals surface area contributed by atoms with Crippen molar-refractivity contribution in [3.05, 3.63) is 53.2 Å². The standard InChI is InChI=1S/C17H15F3N2O4/c1-10-11(16(24)25-2)5-3-7-13(10)22-14(23)12-6-4-8-21-15(12)26-9-17(18,19)20/h3-8H,9H2,1-2H3,(H,22,23). The van der Waals surface area contributed by atoms with E-state index in [2.05, 4.69) is 19.8 Å². The van der Waals surface area contributed by atoms with Gasteiger partial charge in [0.05, 0.1) is 12.7 Å². The molecule has 0 aliphatic heterocycles. The van der Waals surface area contributed by atoms with E-state index in [1.807, 2.05) is 0 Å². The number of anilines is 1. The smallest absolute Gasteiger partial charge is 0.422 e. The Labute approximate surface area is 146 Å². The van der Waals surface area contributed by atoms with E-state index in [0.29, 0.717) is 11.3 Å². The van der Waals surface area contributed by atoms with Crippen molar-refractivity contribution in [3.8, 4) is 5.88 Å². The third-order valence-electron chi connectivity index (χ3n) is 3.38. The highest BCUT2D eigenvalue weighted by Gasteiger charge is 2.29. The second-order valence-electron chi connectivity index (χ2n) is 5.18. The van der Waals surface area contributed by atoms with Gasteiger partial charge in [-0.3, -0.25) is 4.79 Å². The normalized spacial score (nSPS) is 11.0. The Morgan fingerprint density at radius 1 is 1.15 bits per heavy atom. The topological polar surface area (TPSA) is 77.5 Å². The largest absolute Gasteiger partial charge is 0.467 e. The molecule has 1 N–H and O–H groups in total. The fraction of sp³-hybridized carbons (Fsp3) is 0.235. The maximum atomic E-state index is 12.4. The van der Waals surface area contributed by atoms with E-state index in [-0.39, 0.29) is 11.1 Å². The molecule has 0 saturated heterocycles. The molecule has 1 heterocycles. The third-order valence-corrected chi connectivity index (χ3v) is 3.38. The number of pyridine rings is 1. The lowest BCUT2D eigenvalue weighted by Gasteiger charge is -2.14. The zero-order valence-electron chi connectivity index (χ0n) is 13.9. The number of halogens is 3. The molecule has 0 saturated carbocycles. The molecule has 1 aromatic carbocycles. The number of benzene rings is 1. The second kappa shape index (κ2) is 7.85. The molecule has 6 nitrogen and oxygen atoms in total. The first kappa shape index (κ1) is 19.2. The van der Waals surface area contributed by atoms with Crippen LogP contribution in [0, 0.1) is 6.92 Å². The van der Waals surface area contributed by atoms with Gasteiger partial charge < -0.3 is 14.8 Å². The highest BCUT2D eigenvalue weighted by molar-refractivity contribution is 6.07. The molecule has 9 heteroatoms. The molecule has 0 bridgehead atoms. The lowest BCUT2D eigenvalue weighted by Crippen LogP contribution is -2.22. The van der Waals surface area contributed by atoms with Crippen LogP contribution in [-0.4, -0.2) is 36.8 Å². The minimum absolute atomic E-state index is 0.167. The van der Waals surface area contributed by atoms with E-state index in [1.165, 1.54) is 31.5 Å². The zero-order valence-corrected chi connectivity index (χ0v) is 13.9. The number of alkyl halides is 3. The van der Waals surface area contributed by atoms with Crippen LogP contribution in [0.15, 0.2) is 36.5 Å². The van der Waals surface area contributed by atoms with Crippen LogP contribution in [0.3, 0.4) is 0 Å². The Hall–Kier alpha value is -3.10. The van der Waals surface area contributed by atoms with Crippen LogP contribution in [0.5, 0.6) is 5.88 Å². The number of nitrogens with one attached hydrogen (secondary N) is 1. The monoisotopic (exact) mass is 368 g/mol. The first-order valence-electron chi connectivity index (χ1n) is 7.37. The van der Waals surface area contributed by atoms with E-state index < -0.39 is 30.5 Å². The minimum Gasteiger partial charge on any atom is -0.467 e. The van der Waals surface area contributed by atoms with E-state index in [9.17, 15) is 22.8 Å². The van der Waals surface area contributed by atoms with Crippen LogP contribution in [0.2, 0.25) is 0 Å². The predicted octanol–water partition coefficient (Wildman–Crippen LogP) is 3.37. The minimum atomic E-state index is -4.56. The van der Waals surface area contributed by atoms with Crippen molar-refractivity contribution in [2.75, 3.05) is 19.0 Å². The van der Waals surface area contributed by atoms with E-state index >= 15 is 0 Å². The molecule has 0 radical (unpaired) electrons. The molecule has 0 unspecified atom stereocenters. The second-order valence-corrected chi connectivity index (χ2v) is 5.18. The summed E-state index contributed by atoms with van der Waals surface area (Å²) in [7, 11) is 1.23. The number of ether oxygens (including phenoxy) is 2. The Bertz CT molecular complexity index is 822. The molecule has 1 aromatic heterocycles. The van der Waals surface area contributed by atoms with Gasteiger partial charge in [-0.1, -0.05) is 6.07 Å². The Balaban J connectivity index is 2.25. The number of aromatic nitrogens is 1. The van der Waals surface area contributed by atoms with Gasteiger partial charge in [0, 0.05) is 11.9 Å². The summed E-state index contributed by atoms with van der Waals surface area (Å²) in [5.74, 6) is -1.74. The first-order valence-corrected chi connectivity index (χ1v) is 7.37. The quantitative estimate of drug-likeness (QED) is 0.819. The Morgan fingerprint density at radius 2 is 1.85 bits per heavy atom. The first-order chi connectivity index (χ1) is 12.2. The van der Waals surface area contributed by atoms with E-state index in [1.54, 1.807) is 19.1 Å². The van der Waals surface area contributed by atoms with Crippen molar-refractivity contribution in [2.24, 2.45) is 0 Å². The average molecular weight is 368 g/mol. The summed E-state index contributed by atoms with van der Waals surface area (Å²) >= 11 is 0. The van der Waals surface area contributed by atoms with E-state index in [4.69, 9.17) is 0 Å². The summed E-state index contributed by atoms with van der Waals surface area (Å²) in [6.07, 6.45) is -3.34. The van der Waals surface area contributed by atoms with Crippen molar-refractivity contribution in [2.45, 2.75) is 13.1 Å². The highest BCUT2D eigenvalue weighted by Crippen LogP contribution is 2.23. The molecule has 0 aliphatic rings. The number of esters is 1. The molecular weight excluding hydrogens is 353 g/mol. The number of hydrogen-bond acceptors (Lipinski definition) is 5. The lowest BCUT2D eigenvalue weighted by molar-refractivity contribution is -0.154. The summed E-state index contributed by atoms with van der Waals surface area (Å²) in [6, 6.07) is 7.30. The number of nitrogens with zero attached hydrogens (tertiary/aromatic N) is 1. The van der Waals surface area contributed by atoms with Crippen LogP contribution in [0.1, 0.15) is 26.3 Å². The fourth-order valence-electron chi connectivity index (χ4n) is 2.12. The van der Waals surface area contributed by atoms with Gasteiger partial charge >= 0.3 is 12.1 Å². The number of methoxy groups -OCH3 is 1. The molecule has 2 rings (SSSR count).